The Morgan fingerprint density at radius 3 is 2.88 bits per heavy atom. The highest BCUT2D eigenvalue weighted by Crippen LogP contribution is 2.33. The van der Waals surface area contributed by atoms with Gasteiger partial charge in [0.2, 0.25) is 0 Å². The second kappa shape index (κ2) is 7.31. The van der Waals surface area contributed by atoms with Crippen molar-refractivity contribution in [1.82, 2.24) is 9.88 Å². The summed E-state index contributed by atoms with van der Waals surface area (Å²) in [6.45, 7) is 2.35. The lowest BCUT2D eigenvalue weighted by Gasteiger charge is -2.12. The van der Waals surface area contributed by atoms with Crippen molar-refractivity contribution in [3.05, 3.63) is 64.8 Å². The van der Waals surface area contributed by atoms with Gasteiger partial charge in [0.05, 0.1) is 16.2 Å². The summed E-state index contributed by atoms with van der Waals surface area (Å²) in [6, 6.07) is 10.0. The molecule has 25 heavy (non-hydrogen) atoms. The first-order valence-corrected chi connectivity index (χ1v) is 8.43. The van der Waals surface area contributed by atoms with Crippen LogP contribution in [0.5, 0.6) is 0 Å². The molecule has 1 aromatic heterocycles. The number of benzene rings is 1. The molecule has 0 atom stereocenters. The van der Waals surface area contributed by atoms with Crippen molar-refractivity contribution in [3.63, 3.8) is 0 Å². The third kappa shape index (κ3) is 3.77. The summed E-state index contributed by atoms with van der Waals surface area (Å²) >= 11 is 1.27. The molecule has 126 valence electrons. The van der Waals surface area contributed by atoms with E-state index in [1.165, 1.54) is 23.9 Å². The molecule has 1 fully saturated rings. The summed E-state index contributed by atoms with van der Waals surface area (Å²) in [6.07, 6.45) is 5.13. The average Bonchev–Trinajstić information content (AvgIpc) is 2.90. The van der Waals surface area contributed by atoms with Crippen LogP contribution in [0.15, 0.2) is 58.7 Å². The number of rotatable bonds is 4. The number of carboxylic acids is 1. The molecule has 0 radical (unpaired) electrons. The van der Waals surface area contributed by atoms with Crippen LogP contribution >= 0.6 is 11.8 Å². The molecule has 0 saturated carbocycles. The first kappa shape index (κ1) is 16.9. The van der Waals surface area contributed by atoms with Crippen molar-refractivity contribution in [1.29, 1.82) is 0 Å². The molecular formula is C18H15N3O3S. The van der Waals surface area contributed by atoms with Crippen LogP contribution in [0.1, 0.15) is 22.8 Å². The van der Waals surface area contributed by atoms with Crippen molar-refractivity contribution in [2.45, 2.75) is 6.92 Å². The van der Waals surface area contributed by atoms with Crippen LogP contribution in [0, 0.1) is 0 Å². The topological polar surface area (TPSA) is 82.9 Å². The first-order chi connectivity index (χ1) is 12.1. The zero-order valence-corrected chi connectivity index (χ0v) is 14.2. The van der Waals surface area contributed by atoms with E-state index in [9.17, 15) is 9.59 Å². The molecule has 0 unspecified atom stereocenters. The van der Waals surface area contributed by atoms with Crippen molar-refractivity contribution in [2.75, 3.05) is 6.54 Å². The summed E-state index contributed by atoms with van der Waals surface area (Å²) in [5, 5.41) is 9.62. The quantitative estimate of drug-likeness (QED) is 0.852. The number of carboxylic acid groups (broad SMARTS) is 1. The van der Waals surface area contributed by atoms with Gasteiger partial charge in [0.15, 0.2) is 5.17 Å². The SMILES string of the molecule is CCN1C(=O)/C(=C/c2cccnc2)SC1=Nc1cccc(C(=O)O)c1. The smallest absolute Gasteiger partial charge is 0.335 e. The van der Waals surface area contributed by atoms with Crippen LogP contribution in [0.25, 0.3) is 6.08 Å². The Labute approximate surface area is 148 Å². The molecule has 1 aliphatic heterocycles. The van der Waals surface area contributed by atoms with Crippen LogP contribution in [-0.2, 0) is 4.79 Å². The fourth-order valence-electron chi connectivity index (χ4n) is 2.30. The van der Waals surface area contributed by atoms with Gasteiger partial charge in [-0.25, -0.2) is 9.79 Å². The van der Waals surface area contributed by atoms with Gasteiger partial charge < -0.3 is 5.11 Å². The Morgan fingerprint density at radius 1 is 1.36 bits per heavy atom. The Morgan fingerprint density at radius 2 is 2.20 bits per heavy atom. The number of hydrogen-bond donors (Lipinski definition) is 1. The molecule has 1 amide bonds. The Bertz CT molecular complexity index is 878. The van der Waals surface area contributed by atoms with Gasteiger partial charge in [0.25, 0.3) is 5.91 Å². The Hall–Kier alpha value is -2.93. The van der Waals surface area contributed by atoms with Gasteiger partial charge >= 0.3 is 5.97 Å². The number of aromatic carboxylic acids is 1. The molecule has 6 nitrogen and oxygen atoms in total. The number of pyridine rings is 1. The van der Waals surface area contributed by atoms with Crippen LogP contribution in [-0.4, -0.2) is 38.6 Å². The van der Waals surface area contributed by atoms with E-state index in [1.54, 1.807) is 41.6 Å². The highest BCUT2D eigenvalue weighted by atomic mass is 32.2. The minimum Gasteiger partial charge on any atom is -0.478 e. The minimum absolute atomic E-state index is 0.121. The van der Waals surface area contributed by atoms with Gasteiger partial charge in [0, 0.05) is 18.9 Å². The van der Waals surface area contributed by atoms with E-state index < -0.39 is 5.97 Å². The maximum atomic E-state index is 12.6. The number of carbonyl (C=O) groups excluding carboxylic acids is 1. The number of nitrogens with zero attached hydrogens (tertiary/aromatic N) is 3. The van der Waals surface area contributed by atoms with Crippen molar-refractivity contribution in [2.24, 2.45) is 4.99 Å². The number of amides is 1. The molecule has 0 bridgehead atoms. The number of aliphatic imine (C=N–C) groups is 1. The number of thioether (sulfide) groups is 1. The summed E-state index contributed by atoms with van der Waals surface area (Å²) in [5.74, 6) is -1.13. The number of amidine groups is 1. The number of carbonyl (C=O) groups is 2. The van der Waals surface area contributed by atoms with E-state index in [0.717, 1.165) is 5.56 Å². The van der Waals surface area contributed by atoms with Crippen LogP contribution in [0.3, 0.4) is 0 Å². The van der Waals surface area contributed by atoms with Crippen LogP contribution in [0.4, 0.5) is 5.69 Å². The molecule has 1 aromatic carbocycles. The predicted molar refractivity (Wildman–Crippen MR) is 97.7 cm³/mol. The minimum atomic E-state index is -1.01. The third-order valence-electron chi connectivity index (χ3n) is 3.50. The van der Waals surface area contributed by atoms with Gasteiger partial charge in [-0.1, -0.05) is 12.1 Å². The van der Waals surface area contributed by atoms with Gasteiger partial charge in [-0.2, -0.15) is 0 Å². The van der Waals surface area contributed by atoms with E-state index >= 15 is 0 Å². The Balaban J connectivity index is 1.94. The number of likely N-dealkylation sites (N-methyl/N-ethyl adjacent to an activating group) is 1. The molecule has 0 aliphatic carbocycles. The predicted octanol–water partition coefficient (Wildman–Crippen LogP) is 3.40. The summed E-state index contributed by atoms with van der Waals surface area (Å²) < 4.78 is 0. The molecule has 1 N–H and O–H groups in total. The fourth-order valence-corrected chi connectivity index (χ4v) is 3.36. The summed E-state index contributed by atoms with van der Waals surface area (Å²) in [4.78, 5) is 34.3. The lowest BCUT2D eigenvalue weighted by molar-refractivity contribution is -0.122. The third-order valence-corrected chi connectivity index (χ3v) is 4.51. The lowest BCUT2D eigenvalue weighted by atomic mass is 10.2. The largest absolute Gasteiger partial charge is 0.478 e. The van der Waals surface area contributed by atoms with Crippen molar-refractivity contribution in [3.8, 4) is 0 Å². The molecule has 1 saturated heterocycles. The van der Waals surface area contributed by atoms with Gasteiger partial charge in [-0.3, -0.25) is 14.7 Å². The molecule has 0 spiro atoms. The maximum absolute atomic E-state index is 12.6. The summed E-state index contributed by atoms with van der Waals surface area (Å²) in [7, 11) is 0. The fraction of sp³-hybridized carbons (Fsp3) is 0.111. The maximum Gasteiger partial charge on any atom is 0.335 e. The number of aromatic nitrogens is 1. The lowest BCUT2D eigenvalue weighted by Crippen LogP contribution is -2.28. The highest BCUT2D eigenvalue weighted by Gasteiger charge is 2.32. The molecule has 2 heterocycles. The highest BCUT2D eigenvalue weighted by molar-refractivity contribution is 8.18. The first-order valence-electron chi connectivity index (χ1n) is 7.62. The van der Waals surface area contributed by atoms with Crippen molar-refractivity contribution >= 4 is 40.6 Å². The van der Waals surface area contributed by atoms with E-state index in [4.69, 9.17) is 5.11 Å². The van der Waals surface area contributed by atoms with Crippen molar-refractivity contribution < 1.29 is 14.7 Å². The average molecular weight is 353 g/mol. The van der Waals surface area contributed by atoms with Crippen LogP contribution in [0.2, 0.25) is 0 Å². The number of hydrogen-bond acceptors (Lipinski definition) is 5. The molecular weight excluding hydrogens is 338 g/mol. The Kier molecular flexibility index (Phi) is 4.95. The normalized spacial score (nSPS) is 17.5. The van der Waals surface area contributed by atoms with Gasteiger partial charge in [0.1, 0.15) is 0 Å². The van der Waals surface area contributed by atoms with Crippen LogP contribution < -0.4 is 0 Å². The zero-order chi connectivity index (χ0) is 17.8. The monoisotopic (exact) mass is 353 g/mol. The zero-order valence-electron chi connectivity index (χ0n) is 13.4. The summed E-state index contributed by atoms with van der Waals surface area (Å²) in [5.41, 5.74) is 1.49. The van der Waals surface area contributed by atoms with E-state index in [2.05, 4.69) is 9.98 Å². The molecule has 7 heteroatoms. The second-order valence-corrected chi connectivity index (χ2v) is 6.21. The molecule has 2 aromatic rings. The molecule has 1 aliphatic rings. The standard InChI is InChI=1S/C18H15N3O3S/c1-2-21-16(22)15(9-12-5-4-8-19-11-12)25-18(21)20-14-7-3-6-13(10-14)17(23)24/h3-11H,2H2,1H3,(H,23,24)/b15-9-,20-18?. The van der Waals surface area contributed by atoms with E-state index in [-0.39, 0.29) is 11.5 Å². The van der Waals surface area contributed by atoms with Gasteiger partial charge in [-0.05, 0) is 54.6 Å². The molecule has 3 rings (SSSR count). The van der Waals surface area contributed by atoms with E-state index in [0.29, 0.717) is 22.3 Å². The second-order valence-electron chi connectivity index (χ2n) is 5.20. The van der Waals surface area contributed by atoms with E-state index in [1.807, 2.05) is 13.0 Å². The van der Waals surface area contributed by atoms with Gasteiger partial charge in [-0.15, -0.1) is 0 Å².